The van der Waals surface area contributed by atoms with Crippen LogP contribution in [0.3, 0.4) is 0 Å². The third-order valence-electron chi connectivity index (χ3n) is 3.26. The van der Waals surface area contributed by atoms with Gasteiger partial charge in [-0.05, 0) is 30.7 Å². The summed E-state index contributed by atoms with van der Waals surface area (Å²) < 4.78 is 18.0. The van der Waals surface area contributed by atoms with Gasteiger partial charge in [0.15, 0.2) is 0 Å². The number of methoxy groups -OCH3 is 1. The Labute approximate surface area is 112 Å². The van der Waals surface area contributed by atoms with Crippen LogP contribution in [0.1, 0.15) is 17.9 Å². The van der Waals surface area contributed by atoms with Gasteiger partial charge in [-0.25, -0.2) is 4.39 Å². The van der Waals surface area contributed by atoms with E-state index in [2.05, 4.69) is 5.32 Å². The van der Waals surface area contributed by atoms with Crippen molar-refractivity contribution in [3.8, 4) is 0 Å². The molecule has 0 amide bonds. The van der Waals surface area contributed by atoms with Gasteiger partial charge in [-0.3, -0.25) is 4.79 Å². The van der Waals surface area contributed by atoms with Crippen molar-refractivity contribution >= 4 is 18.4 Å². The van der Waals surface area contributed by atoms with Crippen LogP contribution < -0.4 is 5.32 Å². The van der Waals surface area contributed by atoms with E-state index in [0.717, 1.165) is 18.5 Å². The van der Waals surface area contributed by atoms with Gasteiger partial charge in [0.25, 0.3) is 0 Å². The van der Waals surface area contributed by atoms with Crippen molar-refractivity contribution in [3.05, 3.63) is 35.6 Å². The molecule has 1 N–H and O–H groups in total. The number of piperidine rings is 1. The first-order valence-corrected chi connectivity index (χ1v) is 5.76. The van der Waals surface area contributed by atoms with E-state index in [4.69, 9.17) is 4.74 Å². The first kappa shape index (κ1) is 14.9. The van der Waals surface area contributed by atoms with Crippen LogP contribution in [0, 0.1) is 11.7 Å². The number of carbonyl (C=O) groups is 1. The number of carbonyl (C=O) groups excluding carboxylic acids is 1. The third kappa shape index (κ3) is 3.21. The first-order chi connectivity index (χ1) is 8.22. The molecule has 18 heavy (non-hydrogen) atoms. The van der Waals surface area contributed by atoms with Gasteiger partial charge in [0.05, 0.1) is 13.0 Å². The number of hydrogen-bond acceptors (Lipinski definition) is 3. The van der Waals surface area contributed by atoms with Crippen LogP contribution >= 0.6 is 12.4 Å². The number of benzene rings is 1. The number of rotatable bonds is 2. The van der Waals surface area contributed by atoms with E-state index >= 15 is 0 Å². The van der Waals surface area contributed by atoms with Crippen molar-refractivity contribution in [1.82, 2.24) is 5.32 Å². The quantitative estimate of drug-likeness (QED) is 0.839. The second kappa shape index (κ2) is 6.71. The lowest BCUT2D eigenvalue weighted by Gasteiger charge is -2.30. The summed E-state index contributed by atoms with van der Waals surface area (Å²) in [6, 6.07) is 6.44. The molecule has 1 aliphatic heterocycles. The maximum absolute atomic E-state index is 13.2. The van der Waals surface area contributed by atoms with Crippen molar-refractivity contribution < 1.29 is 13.9 Å². The number of hydrogen-bond donors (Lipinski definition) is 1. The molecule has 1 aromatic rings. The Kier molecular flexibility index (Phi) is 5.56. The second-order valence-electron chi connectivity index (χ2n) is 4.28. The number of nitrogens with one attached hydrogen (secondary N) is 1. The van der Waals surface area contributed by atoms with Gasteiger partial charge in [0.2, 0.25) is 0 Å². The van der Waals surface area contributed by atoms with E-state index in [1.54, 1.807) is 6.07 Å². The van der Waals surface area contributed by atoms with Crippen LogP contribution in [0.4, 0.5) is 4.39 Å². The van der Waals surface area contributed by atoms with Gasteiger partial charge < -0.3 is 10.1 Å². The highest BCUT2D eigenvalue weighted by molar-refractivity contribution is 5.85. The number of esters is 1. The van der Waals surface area contributed by atoms with Gasteiger partial charge in [-0.2, -0.15) is 0 Å². The van der Waals surface area contributed by atoms with Crippen molar-refractivity contribution in [2.75, 3.05) is 20.2 Å². The zero-order valence-corrected chi connectivity index (χ0v) is 11.0. The first-order valence-electron chi connectivity index (χ1n) is 5.76. The summed E-state index contributed by atoms with van der Waals surface area (Å²) in [5, 5.41) is 3.23. The molecule has 0 aromatic heterocycles. The second-order valence-corrected chi connectivity index (χ2v) is 4.28. The zero-order chi connectivity index (χ0) is 12.3. The van der Waals surface area contributed by atoms with Crippen molar-refractivity contribution in [1.29, 1.82) is 0 Å². The van der Waals surface area contributed by atoms with E-state index < -0.39 is 0 Å². The molecule has 3 nitrogen and oxygen atoms in total. The average molecular weight is 274 g/mol. The topological polar surface area (TPSA) is 38.3 Å². The summed E-state index contributed by atoms with van der Waals surface area (Å²) in [6.45, 7) is 1.48. The molecular weight excluding hydrogens is 257 g/mol. The maximum atomic E-state index is 13.2. The van der Waals surface area contributed by atoms with Gasteiger partial charge in [-0.1, -0.05) is 12.1 Å². The van der Waals surface area contributed by atoms with Crippen molar-refractivity contribution in [3.63, 3.8) is 0 Å². The monoisotopic (exact) mass is 273 g/mol. The summed E-state index contributed by atoms with van der Waals surface area (Å²) in [6.07, 6.45) is 0.730. The van der Waals surface area contributed by atoms with Gasteiger partial charge >= 0.3 is 5.97 Å². The molecule has 2 unspecified atom stereocenters. The molecule has 0 saturated carbocycles. The summed E-state index contributed by atoms with van der Waals surface area (Å²) >= 11 is 0. The minimum absolute atomic E-state index is 0. The standard InChI is InChI=1S/C13H16FNO2.ClH/c1-17-13(16)11-5-6-15-8-12(11)9-3-2-4-10(14)7-9;/h2-4,7,11-12,15H,5-6,8H2,1H3;1H. The highest BCUT2D eigenvalue weighted by atomic mass is 35.5. The van der Waals surface area contributed by atoms with E-state index in [0.29, 0.717) is 6.54 Å². The van der Waals surface area contributed by atoms with Crippen LogP contribution in [0.5, 0.6) is 0 Å². The minimum Gasteiger partial charge on any atom is -0.469 e. The Bertz CT molecular complexity index is 414. The Balaban J connectivity index is 0.00000162. The third-order valence-corrected chi connectivity index (χ3v) is 3.26. The minimum atomic E-state index is -0.267. The largest absolute Gasteiger partial charge is 0.469 e. The van der Waals surface area contributed by atoms with Crippen LogP contribution in [-0.4, -0.2) is 26.2 Å². The van der Waals surface area contributed by atoms with E-state index in [1.165, 1.54) is 19.2 Å². The maximum Gasteiger partial charge on any atom is 0.309 e. The molecule has 1 aromatic carbocycles. The van der Waals surface area contributed by atoms with Gasteiger partial charge in [-0.15, -0.1) is 12.4 Å². The molecule has 1 saturated heterocycles. The van der Waals surface area contributed by atoms with Crippen LogP contribution in [0.2, 0.25) is 0 Å². The molecule has 0 radical (unpaired) electrons. The molecule has 2 atom stereocenters. The SMILES string of the molecule is COC(=O)C1CCNCC1c1cccc(F)c1.Cl. The summed E-state index contributed by atoms with van der Waals surface area (Å²) in [5.41, 5.74) is 0.854. The molecule has 1 heterocycles. The molecule has 1 fully saturated rings. The fourth-order valence-corrected chi connectivity index (χ4v) is 2.38. The molecule has 100 valence electrons. The highest BCUT2D eigenvalue weighted by Crippen LogP contribution is 2.30. The Morgan fingerprint density at radius 3 is 2.94 bits per heavy atom. The fourth-order valence-electron chi connectivity index (χ4n) is 2.38. The lowest BCUT2D eigenvalue weighted by atomic mass is 9.81. The average Bonchev–Trinajstić information content (AvgIpc) is 2.38. The smallest absolute Gasteiger partial charge is 0.309 e. The lowest BCUT2D eigenvalue weighted by Crippen LogP contribution is -2.39. The Morgan fingerprint density at radius 1 is 1.50 bits per heavy atom. The lowest BCUT2D eigenvalue weighted by molar-refractivity contribution is -0.147. The van der Waals surface area contributed by atoms with Crippen LogP contribution in [0.25, 0.3) is 0 Å². The fraction of sp³-hybridized carbons (Fsp3) is 0.462. The molecule has 2 rings (SSSR count). The van der Waals surface area contributed by atoms with E-state index in [9.17, 15) is 9.18 Å². The predicted molar refractivity (Wildman–Crippen MR) is 69.4 cm³/mol. The Hall–Kier alpha value is -1.13. The molecule has 0 spiro atoms. The van der Waals surface area contributed by atoms with Crippen LogP contribution in [0.15, 0.2) is 24.3 Å². The Morgan fingerprint density at radius 2 is 2.28 bits per heavy atom. The normalized spacial score (nSPS) is 23.0. The molecule has 1 aliphatic rings. The van der Waals surface area contributed by atoms with Gasteiger partial charge in [0, 0.05) is 12.5 Å². The van der Waals surface area contributed by atoms with E-state index in [1.807, 2.05) is 6.07 Å². The molecule has 5 heteroatoms. The predicted octanol–water partition coefficient (Wildman–Crippen LogP) is 2.11. The van der Waals surface area contributed by atoms with Crippen LogP contribution in [-0.2, 0) is 9.53 Å². The summed E-state index contributed by atoms with van der Waals surface area (Å²) in [4.78, 5) is 11.7. The summed E-state index contributed by atoms with van der Waals surface area (Å²) in [5.74, 6) is -0.660. The summed E-state index contributed by atoms with van der Waals surface area (Å²) in [7, 11) is 1.40. The van der Waals surface area contributed by atoms with E-state index in [-0.39, 0.29) is 36.0 Å². The highest BCUT2D eigenvalue weighted by Gasteiger charge is 2.32. The molecule has 0 aliphatic carbocycles. The number of ether oxygens (including phenoxy) is 1. The zero-order valence-electron chi connectivity index (χ0n) is 10.2. The van der Waals surface area contributed by atoms with Gasteiger partial charge in [0.1, 0.15) is 5.82 Å². The van der Waals surface area contributed by atoms with Crippen molar-refractivity contribution in [2.24, 2.45) is 5.92 Å². The number of halogens is 2. The molecular formula is C13H17ClFNO2. The molecule has 0 bridgehead atoms. The van der Waals surface area contributed by atoms with Crippen molar-refractivity contribution in [2.45, 2.75) is 12.3 Å².